The van der Waals surface area contributed by atoms with Crippen LogP contribution in [0.5, 0.6) is 0 Å². The van der Waals surface area contributed by atoms with Gasteiger partial charge in [0.15, 0.2) is 5.96 Å². The summed E-state index contributed by atoms with van der Waals surface area (Å²) in [6.07, 6.45) is 1.03. The topological polar surface area (TPSA) is 56.7 Å². The minimum absolute atomic E-state index is 0. The molecule has 1 unspecified atom stereocenters. The number of rotatable bonds is 7. The molecule has 1 amide bonds. The molecule has 2 aromatic rings. The molecule has 0 aromatic heterocycles. The number of benzene rings is 2. The fraction of sp³-hybridized carbons (Fsp3) is 0.364. The average Bonchev–Trinajstić information content (AvgIpc) is 2.70. The molecule has 0 heterocycles. The van der Waals surface area contributed by atoms with Crippen molar-refractivity contribution in [1.29, 1.82) is 0 Å². The van der Waals surface area contributed by atoms with Crippen molar-refractivity contribution < 1.29 is 4.79 Å². The summed E-state index contributed by atoms with van der Waals surface area (Å²) in [5, 5.41) is 6.55. The Morgan fingerprint density at radius 2 is 1.68 bits per heavy atom. The predicted molar refractivity (Wildman–Crippen MR) is 127 cm³/mol. The molecule has 152 valence electrons. The number of nitrogens with zero attached hydrogens (tertiary/aromatic N) is 2. The molecule has 0 spiro atoms. The lowest BCUT2D eigenvalue weighted by atomic mass is 10.1. The van der Waals surface area contributed by atoms with Gasteiger partial charge in [-0.05, 0) is 30.0 Å². The summed E-state index contributed by atoms with van der Waals surface area (Å²) in [5.74, 6) is 0.630. The van der Waals surface area contributed by atoms with Crippen molar-refractivity contribution in [2.45, 2.75) is 32.9 Å². The Morgan fingerprint density at radius 1 is 1.04 bits per heavy atom. The number of nitrogens with one attached hydrogen (secondary N) is 2. The summed E-state index contributed by atoms with van der Waals surface area (Å²) in [6, 6.07) is 18.7. The number of hydrogen-bond acceptors (Lipinski definition) is 2. The van der Waals surface area contributed by atoms with Gasteiger partial charge in [0.2, 0.25) is 5.91 Å². The Labute approximate surface area is 185 Å². The van der Waals surface area contributed by atoms with Gasteiger partial charge in [0.25, 0.3) is 0 Å². The monoisotopic (exact) mass is 494 g/mol. The lowest BCUT2D eigenvalue weighted by Gasteiger charge is -2.20. The van der Waals surface area contributed by atoms with E-state index in [-0.39, 0.29) is 42.5 Å². The van der Waals surface area contributed by atoms with E-state index in [4.69, 9.17) is 0 Å². The maximum atomic E-state index is 11.9. The number of guanidine groups is 1. The largest absolute Gasteiger partial charge is 0.350 e. The highest BCUT2D eigenvalue weighted by Crippen LogP contribution is 2.13. The number of aliphatic imine (C=N–C) groups is 1. The van der Waals surface area contributed by atoms with Crippen LogP contribution in [-0.4, -0.2) is 37.4 Å². The summed E-state index contributed by atoms with van der Waals surface area (Å²) in [6.45, 7) is 4.99. The molecular weight excluding hydrogens is 463 g/mol. The second-order valence-corrected chi connectivity index (χ2v) is 6.75. The molecule has 0 aliphatic rings. The van der Waals surface area contributed by atoms with Crippen LogP contribution in [0.2, 0.25) is 0 Å². The molecule has 6 heteroatoms. The van der Waals surface area contributed by atoms with Crippen molar-refractivity contribution in [3.63, 3.8) is 0 Å². The van der Waals surface area contributed by atoms with Crippen molar-refractivity contribution in [3.05, 3.63) is 71.3 Å². The third-order valence-corrected chi connectivity index (χ3v) is 4.41. The first-order chi connectivity index (χ1) is 13.0. The maximum absolute atomic E-state index is 11.9. The summed E-state index contributed by atoms with van der Waals surface area (Å²) in [5.41, 5.74) is 3.62. The van der Waals surface area contributed by atoms with Crippen molar-refractivity contribution in [2.75, 3.05) is 20.6 Å². The van der Waals surface area contributed by atoms with Crippen LogP contribution in [0, 0.1) is 0 Å². The molecule has 0 saturated heterocycles. The molecule has 0 aliphatic heterocycles. The van der Waals surface area contributed by atoms with E-state index in [9.17, 15) is 4.79 Å². The lowest BCUT2D eigenvalue weighted by Crippen LogP contribution is -2.43. The number of carbonyl (C=O) groups excluding carboxylic acids is 1. The average molecular weight is 494 g/mol. The number of aryl methyl sites for hydroxylation is 1. The normalized spacial score (nSPS) is 11.9. The zero-order chi connectivity index (χ0) is 19.6. The first-order valence-electron chi connectivity index (χ1n) is 9.37. The van der Waals surface area contributed by atoms with Gasteiger partial charge in [0, 0.05) is 14.1 Å². The van der Waals surface area contributed by atoms with Gasteiger partial charge >= 0.3 is 0 Å². The van der Waals surface area contributed by atoms with Gasteiger partial charge in [0.05, 0.1) is 19.1 Å². The van der Waals surface area contributed by atoms with Gasteiger partial charge in [-0.1, -0.05) is 61.5 Å². The summed E-state index contributed by atoms with van der Waals surface area (Å²) >= 11 is 0. The molecule has 0 aliphatic carbocycles. The molecule has 0 saturated carbocycles. The number of amides is 1. The first kappa shape index (κ1) is 23.9. The Balaban J connectivity index is 0.00000392. The smallest absolute Gasteiger partial charge is 0.241 e. The standard InChI is InChI=1S/C22H30N4O.HI/c1-5-18-11-13-20(14-12-18)17(2)25-22(24-16-21(27)26(3)4)23-15-19-9-7-6-8-10-19;/h6-14,17H,5,15-16H2,1-4H3,(H2,23,24,25);1H. The Hall–Kier alpha value is -2.09. The first-order valence-corrected chi connectivity index (χ1v) is 9.37. The highest BCUT2D eigenvalue weighted by Gasteiger charge is 2.10. The minimum atomic E-state index is 0. The van der Waals surface area contributed by atoms with Crippen LogP contribution in [-0.2, 0) is 17.8 Å². The Bertz CT molecular complexity index is 745. The highest BCUT2D eigenvalue weighted by atomic mass is 127. The van der Waals surface area contributed by atoms with E-state index in [2.05, 4.69) is 53.7 Å². The van der Waals surface area contributed by atoms with Gasteiger partial charge in [-0.15, -0.1) is 24.0 Å². The molecule has 0 bridgehead atoms. The van der Waals surface area contributed by atoms with E-state index in [0.29, 0.717) is 12.5 Å². The third-order valence-electron chi connectivity index (χ3n) is 4.41. The Kier molecular flexibility index (Phi) is 10.6. The molecule has 2 N–H and O–H groups in total. The Morgan fingerprint density at radius 3 is 2.25 bits per heavy atom. The van der Waals surface area contributed by atoms with E-state index in [1.165, 1.54) is 11.1 Å². The molecular formula is C22H31IN4O. The van der Waals surface area contributed by atoms with Gasteiger partial charge in [0.1, 0.15) is 0 Å². The van der Waals surface area contributed by atoms with E-state index >= 15 is 0 Å². The quantitative estimate of drug-likeness (QED) is 0.350. The zero-order valence-electron chi connectivity index (χ0n) is 17.1. The number of carbonyl (C=O) groups is 1. The second-order valence-electron chi connectivity index (χ2n) is 6.75. The molecule has 2 rings (SSSR count). The number of halogens is 1. The van der Waals surface area contributed by atoms with Gasteiger partial charge in [-0.25, -0.2) is 4.99 Å². The second kappa shape index (κ2) is 12.4. The number of likely N-dealkylation sites (N-methyl/N-ethyl adjacent to an activating group) is 1. The highest BCUT2D eigenvalue weighted by molar-refractivity contribution is 14.0. The van der Waals surface area contributed by atoms with Crippen LogP contribution >= 0.6 is 24.0 Å². The maximum Gasteiger partial charge on any atom is 0.241 e. The van der Waals surface area contributed by atoms with E-state index in [1.54, 1.807) is 19.0 Å². The van der Waals surface area contributed by atoms with Crippen LogP contribution < -0.4 is 10.6 Å². The van der Waals surface area contributed by atoms with Gasteiger partial charge in [-0.3, -0.25) is 4.79 Å². The van der Waals surface area contributed by atoms with Crippen molar-refractivity contribution >= 4 is 35.8 Å². The molecule has 28 heavy (non-hydrogen) atoms. The fourth-order valence-electron chi connectivity index (χ4n) is 2.55. The number of hydrogen-bond donors (Lipinski definition) is 2. The van der Waals surface area contributed by atoms with E-state index < -0.39 is 0 Å². The summed E-state index contributed by atoms with van der Waals surface area (Å²) in [7, 11) is 3.49. The van der Waals surface area contributed by atoms with Crippen molar-refractivity contribution in [1.82, 2.24) is 15.5 Å². The van der Waals surface area contributed by atoms with Crippen molar-refractivity contribution in [2.24, 2.45) is 4.99 Å². The van der Waals surface area contributed by atoms with Crippen LogP contribution in [0.4, 0.5) is 0 Å². The molecule has 5 nitrogen and oxygen atoms in total. The molecule has 0 fully saturated rings. The SMILES string of the molecule is CCc1ccc(C(C)NC(=NCc2ccccc2)NCC(=O)N(C)C)cc1.I. The van der Waals surface area contributed by atoms with E-state index in [0.717, 1.165) is 12.0 Å². The van der Waals surface area contributed by atoms with Gasteiger partial charge < -0.3 is 15.5 Å². The van der Waals surface area contributed by atoms with Crippen LogP contribution in [0.15, 0.2) is 59.6 Å². The molecule has 2 aromatic carbocycles. The van der Waals surface area contributed by atoms with Crippen LogP contribution in [0.1, 0.15) is 36.6 Å². The third kappa shape index (κ3) is 7.88. The van der Waals surface area contributed by atoms with E-state index in [1.807, 2.05) is 30.3 Å². The molecule has 0 radical (unpaired) electrons. The summed E-state index contributed by atoms with van der Waals surface area (Å²) < 4.78 is 0. The van der Waals surface area contributed by atoms with Crippen LogP contribution in [0.3, 0.4) is 0 Å². The van der Waals surface area contributed by atoms with Crippen LogP contribution in [0.25, 0.3) is 0 Å². The minimum Gasteiger partial charge on any atom is -0.350 e. The summed E-state index contributed by atoms with van der Waals surface area (Å²) in [4.78, 5) is 18.1. The zero-order valence-corrected chi connectivity index (χ0v) is 19.4. The van der Waals surface area contributed by atoms with Gasteiger partial charge in [-0.2, -0.15) is 0 Å². The lowest BCUT2D eigenvalue weighted by molar-refractivity contribution is -0.127. The molecule has 1 atom stereocenters. The fourth-order valence-corrected chi connectivity index (χ4v) is 2.55. The van der Waals surface area contributed by atoms with Crippen molar-refractivity contribution in [3.8, 4) is 0 Å². The predicted octanol–water partition coefficient (Wildman–Crippen LogP) is 3.75.